The van der Waals surface area contributed by atoms with Gasteiger partial charge in [0.15, 0.2) is 0 Å². The van der Waals surface area contributed by atoms with E-state index in [1.165, 1.54) is 5.46 Å². The predicted octanol–water partition coefficient (Wildman–Crippen LogP) is 0.427. The van der Waals surface area contributed by atoms with E-state index < -0.39 is 0 Å². The maximum atomic E-state index is 11.8. The Morgan fingerprint density at radius 3 is 2.14 bits per heavy atom. The number of nitrogens with zero attached hydrogens (tertiary/aromatic N) is 1. The van der Waals surface area contributed by atoms with Gasteiger partial charge in [-0.1, -0.05) is 29.7 Å². The molecule has 0 N–H and O–H groups in total. The minimum atomic E-state index is 0.120. The summed E-state index contributed by atoms with van der Waals surface area (Å²) in [7, 11) is 2.02. The second kappa shape index (κ2) is 4.84. The fourth-order valence-corrected chi connectivity index (χ4v) is 1.39. The van der Waals surface area contributed by atoms with Crippen molar-refractivity contribution in [3.05, 3.63) is 29.8 Å². The van der Waals surface area contributed by atoms with Gasteiger partial charge in [0.05, 0.1) is 0 Å². The maximum Gasteiger partial charge on any atom is 0.253 e. The fourth-order valence-electron chi connectivity index (χ4n) is 1.39. The maximum absolute atomic E-state index is 11.8. The molecule has 1 aromatic carbocycles. The molecule has 0 fully saturated rings. The number of hydrogen-bond acceptors (Lipinski definition) is 1. The van der Waals surface area contributed by atoms with Gasteiger partial charge in [-0.15, -0.1) is 0 Å². The lowest BCUT2D eigenvalue weighted by Gasteiger charge is -2.18. The van der Waals surface area contributed by atoms with Gasteiger partial charge < -0.3 is 4.90 Å². The fraction of sp³-hybridized carbons (Fsp3) is 0.364. The first-order valence-electron chi connectivity index (χ1n) is 5.05. The predicted molar refractivity (Wildman–Crippen MR) is 61.9 cm³/mol. The molecule has 0 spiro atoms. The van der Waals surface area contributed by atoms with Crippen molar-refractivity contribution in [3.8, 4) is 0 Å². The Morgan fingerprint density at radius 2 is 1.71 bits per heavy atom. The van der Waals surface area contributed by atoms with Crippen LogP contribution in [0.3, 0.4) is 0 Å². The minimum absolute atomic E-state index is 0.120. The molecule has 0 saturated carbocycles. The highest BCUT2D eigenvalue weighted by Gasteiger charge is 2.10. The number of benzene rings is 1. The average Bonchev–Trinajstić information content (AvgIpc) is 2.20. The molecule has 0 unspecified atom stereocenters. The van der Waals surface area contributed by atoms with Crippen LogP contribution in [-0.4, -0.2) is 31.7 Å². The van der Waals surface area contributed by atoms with Crippen molar-refractivity contribution in [1.29, 1.82) is 0 Å². The van der Waals surface area contributed by atoms with Gasteiger partial charge in [0, 0.05) is 18.7 Å². The molecule has 0 aliphatic rings. The quantitative estimate of drug-likeness (QED) is 0.631. The van der Waals surface area contributed by atoms with Crippen LogP contribution in [0.5, 0.6) is 0 Å². The van der Waals surface area contributed by atoms with Crippen molar-refractivity contribution in [3.63, 3.8) is 0 Å². The van der Waals surface area contributed by atoms with Crippen LogP contribution in [0.4, 0.5) is 0 Å². The zero-order valence-electron chi connectivity index (χ0n) is 9.08. The molecule has 0 heterocycles. The molecule has 1 aromatic rings. The SMILES string of the molecule is Bc1ccc(C(=O)N(CC)CC)cc1. The number of hydrogen-bond donors (Lipinski definition) is 0. The molecule has 14 heavy (non-hydrogen) atoms. The lowest BCUT2D eigenvalue weighted by molar-refractivity contribution is 0.0773. The summed E-state index contributed by atoms with van der Waals surface area (Å²) in [5.74, 6) is 0.120. The molecule has 0 aliphatic carbocycles. The van der Waals surface area contributed by atoms with Crippen LogP contribution in [0.2, 0.25) is 0 Å². The molecule has 3 heteroatoms. The Balaban J connectivity index is 2.83. The highest BCUT2D eigenvalue weighted by Crippen LogP contribution is 2.02. The van der Waals surface area contributed by atoms with E-state index in [2.05, 4.69) is 0 Å². The van der Waals surface area contributed by atoms with Gasteiger partial charge in [-0.05, 0) is 13.8 Å². The summed E-state index contributed by atoms with van der Waals surface area (Å²) in [5.41, 5.74) is 1.96. The zero-order chi connectivity index (χ0) is 10.6. The number of carbonyl (C=O) groups is 1. The van der Waals surface area contributed by atoms with Crippen molar-refractivity contribution < 1.29 is 4.79 Å². The Bertz CT molecular complexity index is 304. The van der Waals surface area contributed by atoms with Crippen LogP contribution in [0, 0.1) is 0 Å². The topological polar surface area (TPSA) is 20.3 Å². The molecular formula is C11H16BNO. The number of amides is 1. The Kier molecular flexibility index (Phi) is 3.75. The Hall–Kier alpha value is -1.25. The highest BCUT2D eigenvalue weighted by atomic mass is 16.2. The zero-order valence-corrected chi connectivity index (χ0v) is 9.08. The molecule has 74 valence electrons. The lowest BCUT2D eigenvalue weighted by atomic mass is 9.95. The first kappa shape index (κ1) is 10.8. The molecule has 2 nitrogen and oxygen atoms in total. The van der Waals surface area contributed by atoms with E-state index in [1.54, 1.807) is 0 Å². The van der Waals surface area contributed by atoms with Crippen molar-refractivity contribution in [1.82, 2.24) is 4.90 Å². The third-order valence-electron chi connectivity index (χ3n) is 2.35. The molecular weight excluding hydrogens is 173 g/mol. The van der Waals surface area contributed by atoms with Gasteiger partial charge in [0.1, 0.15) is 7.85 Å². The van der Waals surface area contributed by atoms with E-state index >= 15 is 0 Å². The van der Waals surface area contributed by atoms with Crippen LogP contribution in [0.15, 0.2) is 24.3 Å². The summed E-state index contributed by atoms with van der Waals surface area (Å²) in [4.78, 5) is 13.7. The van der Waals surface area contributed by atoms with E-state index in [4.69, 9.17) is 0 Å². The summed E-state index contributed by atoms with van der Waals surface area (Å²) >= 11 is 0. The summed E-state index contributed by atoms with van der Waals surface area (Å²) < 4.78 is 0. The van der Waals surface area contributed by atoms with E-state index in [1.807, 2.05) is 50.9 Å². The van der Waals surface area contributed by atoms with Crippen LogP contribution >= 0.6 is 0 Å². The Morgan fingerprint density at radius 1 is 1.21 bits per heavy atom. The van der Waals surface area contributed by atoms with Crippen LogP contribution in [0.25, 0.3) is 0 Å². The molecule has 1 amide bonds. The highest BCUT2D eigenvalue weighted by molar-refractivity contribution is 6.32. The molecule has 0 bridgehead atoms. The largest absolute Gasteiger partial charge is 0.339 e. The summed E-state index contributed by atoms with van der Waals surface area (Å²) in [6.45, 7) is 5.53. The third kappa shape index (κ3) is 2.38. The average molecular weight is 189 g/mol. The summed E-state index contributed by atoms with van der Waals surface area (Å²) in [6, 6.07) is 7.71. The van der Waals surface area contributed by atoms with Crippen LogP contribution < -0.4 is 5.46 Å². The lowest BCUT2D eigenvalue weighted by Crippen LogP contribution is -2.30. The van der Waals surface area contributed by atoms with Gasteiger partial charge in [-0.2, -0.15) is 0 Å². The standard InChI is InChI=1S/C11H16BNO/c1-3-13(4-2)11(14)9-5-7-10(12)8-6-9/h5-8H,3-4,12H2,1-2H3. The first-order chi connectivity index (χ1) is 6.69. The van der Waals surface area contributed by atoms with Crippen molar-refractivity contribution in [2.75, 3.05) is 13.1 Å². The van der Waals surface area contributed by atoms with E-state index in [-0.39, 0.29) is 5.91 Å². The van der Waals surface area contributed by atoms with E-state index in [9.17, 15) is 4.79 Å². The van der Waals surface area contributed by atoms with Gasteiger partial charge in [0.25, 0.3) is 5.91 Å². The third-order valence-corrected chi connectivity index (χ3v) is 2.35. The van der Waals surface area contributed by atoms with Gasteiger partial charge in [-0.3, -0.25) is 4.79 Å². The summed E-state index contributed by atoms with van der Waals surface area (Å²) in [5, 5.41) is 0. The van der Waals surface area contributed by atoms with Crippen molar-refractivity contribution >= 4 is 19.2 Å². The van der Waals surface area contributed by atoms with Crippen LogP contribution in [0.1, 0.15) is 24.2 Å². The van der Waals surface area contributed by atoms with E-state index in [0.29, 0.717) is 0 Å². The van der Waals surface area contributed by atoms with Gasteiger partial charge in [-0.25, -0.2) is 0 Å². The Labute approximate surface area is 86.3 Å². The van der Waals surface area contributed by atoms with Gasteiger partial charge >= 0.3 is 0 Å². The monoisotopic (exact) mass is 189 g/mol. The molecule has 0 radical (unpaired) electrons. The molecule has 1 rings (SSSR count). The second-order valence-electron chi connectivity index (χ2n) is 3.34. The summed E-state index contributed by atoms with van der Waals surface area (Å²) in [6.07, 6.45) is 0. The number of rotatable bonds is 3. The minimum Gasteiger partial charge on any atom is -0.339 e. The molecule has 0 atom stereocenters. The smallest absolute Gasteiger partial charge is 0.253 e. The van der Waals surface area contributed by atoms with E-state index in [0.717, 1.165) is 18.7 Å². The van der Waals surface area contributed by atoms with Crippen molar-refractivity contribution in [2.24, 2.45) is 0 Å². The van der Waals surface area contributed by atoms with Gasteiger partial charge in [0.2, 0.25) is 0 Å². The second-order valence-corrected chi connectivity index (χ2v) is 3.34. The number of carbonyl (C=O) groups excluding carboxylic acids is 1. The first-order valence-corrected chi connectivity index (χ1v) is 5.05. The molecule has 0 saturated heterocycles. The molecule has 0 aromatic heterocycles. The molecule has 0 aliphatic heterocycles. The normalized spacial score (nSPS) is 9.86. The van der Waals surface area contributed by atoms with Crippen molar-refractivity contribution in [2.45, 2.75) is 13.8 Å². The van der Waals surface area contributed by atoms with Crippen LogP contribution in [-0.2, 0) is 0 Å².